The van der Waals surface area contributed by atoms with Crippen molar-refractivity contribution in [1.29, 1.82) is 0 Å². The molecule has 1 aromatic heterocycles. The summed E-state index contributed by atoms with van der Waals surface area (Å²) < 4.78 is 42.4. The van der Waals surface area contributed by atoms with E-state index in [1.54, 1.807) is 12.1 Å². The average Bonchev–Trinajstić information content (AvgIpc) is 3.63. The Morgan fingerprint density at radius 2 is 1.76 bits per heavy atom. The Morgan fingerprint density at radius 1 is 1.07 bits per heavy atom. The van der Waals surface area contributed by atoms with Gasteiger partial charge < -0.3 is 10.1 Å². The summed E-state index contributed by atoms with van der Waals surface area (Å²) >= 11 is 1.19. The van der Waals surface area contributed by atoms with Gasteiger partial charge in [0, 0.05) is 18.3 Å². The molecule has 1 fully saturated rings. The molecule has 0 unspecified atom stereocenters. The third-order valence-corrected chi connectivity index (χ3v) is 8.88. The lowest BCUT2D eigenvalue weighted by molar-refractivity contribution is -0.274. The van der Waals surface area contributed by atoms with Crippen LogP contribution in [0, 0.1) is 6.92 Å². The fourth-order valence-corrected chi connectivity index (χ4v) is 6.28. The molecule has 0 spiro atoms. The Kier molecular flexibility index (Phi) is 9.44. The van der Waals surface area contributed by atoms with Crippen LogP contribution in [0.5, 0.6) is 5.75 Å². The maximum absolute atomic E-state index is 13.1. The van der Waals surface area contributed by atoms with Crippen molar-refractivity contribution in [2.24, 2.45) is 4.99 Å². The molecule has 0 radical (unpaired) electrons. The summed E-state index contributed by atoms with van der Waals surface area (Å²) in [6, 6.07) is 16.4. The summed E-state index contributed by atoms with van der Waals surface area (Å²) in [5, 5.41) is 8.23. The second kappa shape index (κ2) is 13.3. The van der Waals surface area contributed by atoms with Crippen molar-refractivity contribution in [2.45, 2.75) is 13.3 Å². The van der Waals surface area contributed by atoms with Crippen molar-refractivity contribution in [3.63, 3.8) is 0 Å². The number of anilines is 3. The standard InChI is InChI=1S/C30H27F3N7O4PS/c1-18-5-14-24(45(3)4)23(15-18)40-25(41)16-46-29(40)36-28(43)35-20-8-6-19(7-9-20)26(42)38(2)27-34-17-39(37-27)21-10-12-22(13-11-21)44-30(31,32)33/h5-15,17H,16H2,1-4H3,(H,35,43). The number of urea groups is 1. The first kappa shape index (κ1) is 32.6. The zero-order valence-corrected chi connectivity index (χ0v) is 26.7. The van der Waals surface area contributed by atoms with E-state index in [1.165, 1.54) is 63.9 Å². The van der Waals surface area contributed by atoms with Gasteiger partial charge in [-0.3, -0.25) is 19.4 Å². The van der Waals surface area contributed by atoms with E-state index in [4.69, 9.17) is 0 Å². The van der Waals surface area contributed by atoms with Crippen molar-refractivity contribution in [3.8, 4) is 11.4 Å². The predicted molar refractivity (Wildman–Crippen MR) is 173 cm³/mol. The van der Waals surface area contributed by atoms with Crippen molar-refractivity contribution in [3.05, 3.63) is 84.2 Å². The Bertz CT molecular complexity index is 1810. The van der Waals surface area contributed by atoms with Gasteiger partial charge in [-0.1, -0.05) is 31.8 Å². The fraction of sp³-hybridized carbons (Fsp3) is 0.200. The predicted octanol–water partition coefficient (Wildman–Crippen LogP) is 5.79. The monoisotopic (exact) mass is 669 g/mol. The number of aliphatic imine (C=N–C) groups is 1. The summed E-state index contributed by atoms with van der Waals surface area (Å²) in [6.45, 7) is 6.13. The molecular formula is C30H27F3N7O4PS. The molecule has 1 aliphatic heterocycles. The Hall–Kier alpha value is -4.75. The number of nitrogens with zero attached hydrogens (tertiary/aromatic N) is 6. The van der Waals surface area contributed by atoms with Crippen LogP contribution in [-0.4, -0.2) is 70.3 Å². The number of aryl methyl sites for hydroxylation is 1. The number of carbonyl (C=O) groups excluding carboxylic acids is 3. The molecule has 46 heavy (non-hydrogen) atoms. The number of amidine groups is 1. The van der Waals surface area contributed by atoms with Gasteiger partial charge in [0.15, 0.2) is 5.17 Å². The second-order valence-corrected chi connectivity index (χ2v) is 13.4. The van der Waals surface area contributed by atoms with Crippen LogP contribution in [0.3, 0.4) is 0 Å². The first-order chi connectivity index (χ1) is 21.8. The quantitative estimate of drug-likeness (QED) is 0.248. The van der Waals surface area contributed by atoms with Crippen LogP contribution in [0.2, 0.25) is 0 Å². The zero-order chi connectivity index (χ0) is 33.2. The highest BCUT2D eigenvalue weighted by molar-refractivity contribution is 8.15. The highest BCUT2D eigenvalue weighted by Crippen LogP contribution is 2.34. The van der Waals surface area contributed by atoms with Crippen LogP contribution < -0.4 is 25.2 Å². The lowest BCUT2D eigenvalue weighted by Gasteiger charge is -2.22. The molecular weight excluding hydrogens is 642 g/mol. The molecule has 2 heterocycles. The third-order valence-electron chi connectivity index (χ3n) is 6.62. The van der Waals surface area contributed by atoms with E-state index in [0.29, 0.717) is 11.4 Å². The van der Waals surface area contributed by atoms with Crippen LogP contribution in [-0.2, 0) is 4.79 Å². The van der Waals surface area contributed by atoms with Gasteiger partial charge >= 0.3 is 12.4 Å². The van der Waals surface area contributed by atoms with Crippen molar-refractivity contribution >= 4 is 65.3 Å². The molecule has 3 aromatic carbocycles. The summed E-state index contributed by atoms with van der Waals surface area (Å²) in [6.07, 6.45) is -3.48. The lowest BCUT2D eigenvalue weighted by Crippen LogP contribution is -2.33. The van der Waals surface area contributed by atoms with E-state index in [-0.39, 0.29) is 34.1 Å². The number of alkyl halides is 3. The number of hydrogen-bond acceptors (Lipinski definition) is 7. The highest BCUT2D eigenvalue weighted by Gasteiger charge is 2.33. The van der Waals surface area contributed by atoms with Gasteiger partial charge in [0.05, 0.1) is 17.1 Å². The van der Waals surface area contributed by atoms with E-state index in [9.17, 15) is 27.6 Å². The third kappa shape index (κ3) is 7.54. The minimum atomic E-state index is -4.80. The Morgan fingerprint density at radius 3 is 2.41 bits per heavy atom. The minimum absolute atomic E-state index is 0.0532. The molecule has 0 bridgehead atoms. The summed E-state index contributed by atoms with van der Waals surface area (Å²) in [5.41, 5.74) is 2.79. The molecule has 1 saturated heterocycles. The fourth-order valence-electron chi connectivity index (χ4n) is 4.42. The molecule has 1 N–H and O–H groups in total. The molecule has 0 atom stereocenters. The first-order valence-electron chi connectivity index (χ1n) is 13.6. The van der Waals surface area contributed by atoms with E-state index < -0.39 is 26.2 Å². The molecule has 1 aliphatic rings. The van der Waals surface area contributed by atoms with Crippen molar-refractivity contribution < 1.29 is 32.3 Å². The van der Waals surface area contributed by atoms with Gasteiger partial charge in [-0.2, -0.15) is 9.98 Å². The number of nitrogens with one attached hydrogen (secondary N) is 1. The van der Waals surface area contributed by atoms with Gasteiger partial charge in [0.25, 0.3) is 11.9 Å². The van der Waals surface area contributed by atoms with Gasteiger partial charge in [0.2, 0.25) is 5.91 Å². The molecule has 5 rings (SSSR count). The number of amides is 4. The first-order valence-corrected chi connectivity index (χ1v) is 16.8. The molecule has 16 heteroatoms. The number of ether oxygens (including phenoxy) is 1. The van der Waals surface area contributed by atoms with Crippen LogP contribution in [0.25, 0.3) is 5.69 Å². The zero-order valence-electron chi connectivity index (χ0n) is 24.9. The Balaban J connectivity index is 1.24. The average molecular weight is 670 g/mol. The molecule has 238 valence electrons. The van der Waals surface area contributed by atoms with Gasteiger partial charge in [-0.05, 0) is 85.7 Å². The van der Waals surface area contributed by atoms with E-state index in [2.05, 4.69) is 38.5 Å². The second-order valence-electron chi connectivity index (χ2n) is 10.2. The molecule has 11 nitrogen and oxygen atoms in total. The van der Waals surface area contributed by atoms with Crippen molar-refractivity contribution in [2.75, 3.05) is 41.2 Å². The summed E-state index contributed by atoms with van der Waals surface area (Å²) in [5.74, 6) is -0.751. The number of thioether (sulfide) groups is 1. The van der Waals surface area contributed by atoms with Gasteiger partial charge in [-0.25, -0.2) is 9.48 Å². The van der Waals surface area contributed by atoms with Gasteiger partial charge in [-0.15, -0.1) is 18.3 Å². The van der Waals surface area contributed by atoms with Gasteiger partial charge in [0.1, 0.15) is 12.1 Å². The normalized spacial score (nSPS) is 14.2. The van der Waals surface area contributed by atoms with Crippen LogP contribution >= 0.6 is 19.7 Å². The Labute approximate surface area is 267 Å². The SMILES string of the molecule is Cc1ccc(P(C)C)c(N2C(=O)CSC2=NC(=O)Nc2ccc(C(=O)N(C)c3ncn(-c4ccc(OC(F)(F)F)cc4)n3)cc2)c1. The smallest absolute Gasteiger partial charge is 0.406 e. The number of hydrogen-bond donors (Lipinski definition) is 1. The number of halogens is 3. The number of rotatable bonds is 7. The molecule has 0 saturated carbocycles. The van der Waals surface area contributed by atoms with Crippen LogP contribution in [0.4, 0.5) is 35.3 Å². The van der Waals surface area contributed by atoms with Crippen LogP contribution in [0.15, 0.2) is 78.0 Å². The molecule has 0 aliphatic carbocycles. The van der Waals surface area contributed by atoms with E-state index in [0.717, 1.165) is 28.7 Å². The van der Waals surface area contributed by atoms with E-state index >= 15 is 0 Å². The number of carbonyl (C=O) groups is 3. The number of benzene rings is 3. The maximum atomic E-state index is 13.1. The van der Waals surface area contributed by atoms with Crippen LogP contribution in [0.1, 0.15) is 15.9 Å². The molecule has 4 aromatic rings. The summed E-state index contributed by atoms with van der Waals surface area (Å²) in [7, 11) is 0.952. The van der Waals surface area contributed by atoms with Crippen molar-refractivity contribution in [1.82, 2.24) is 14.8 Å². The number of aromatic nitrogens is 3. The minimum Gasteiger partial charge on any atom is -0.406 e. The molecule has 4 amide bonds. The maximum Gasteiger partial charge on any atom is 0.573 e. The largest absolute Gasteiger partial charge is 0.573 e. The topological polar surface area (TPSA) is 122 Å². The van der Waals surface area contributed by atoms with E-state index in [1.807, 2.05) is 25.1 Å². The highest BCUT2D eigenvalue weighted by atomic mass is 32.2. The summed E-state index contributed by atoms with van der Waals surface area (Å²) in [4.78, 5) is 49.8. The lowest BCUT2D eigenvalue weighted by atomic mass is 10.2.